The van der Waals surface area contributed by atoms with Crippen LogP contribution in [0.3, 0.4) is 0 Å². The lowest BCUT2D eigenvalue weighted by molar-refractivity contribution is -0.147. The minimum Gasteiger partial charge on any atom is -0.481 e. The number of nitrogens with two attached hydrogens (primary N) is 1. The maximum Gasteiger partial charge on any atom is 0.322 e. The standard InChI is InChI=1S/C9H17NO4/c1-2-4-7(10)9(13)14-6-3-5-8(11)12/h7H,2-6,10H2,1H3,(H,11,12). The number of carbonyl (C=O) groups excluding carboxylic acids is 1. The van der Waals surface area contributed by atoms with Gasteiger partial charge in [-0.2, -0.15) is 0 Å². The van der Waals surface area contributed by atoms with E-state index in [2.05, 4.69) is 0 Å². The van der Waals surface area contributed by atoms with Crippen molar-refractivity contribution in [2.75, 3.05) is 6.61 Å². The Kier molecular flexibility index (Phi) is 6.74. The second-order valence-corrected chi connectivity index (χ2v) is 3.06. The molecule has 0 amide bonds. The quantitative estimate of drug-likeness (QED) is 0.465. The highest BCUT2D eigenvalue weighted by molar-refractivity contribution is 5.75. The Hall–Kier alpha value is -1.10. The number of aliphatic carboxylic acids is 1. The summed E-state index contributed by atoms with van der Waals surface area (Å²) in [5.74, 6) is -1.34. The zero-order chi connectivity index (χ0) is 11.0. The Bertz CT molecular complexity index is 193. The van der Waals surface area contributed by atoms with Gasteiger partial charge < -0.3 is 15.6 Å². The number of carboxylic acid groups (broad SMARTS) is 1. The van der Waals surface area contributed by atoms with Crippen molar-refractivity contribution in [1.82, 2.24) is 0 Å². The molecule has 82 valence electrons. The second-order valence-electron chi connectivity index (χ2n) is 3.06. The van der Waals surface area contributed by atoms with Crippen molar-refractivity contribution in [2.24, 2.45) is 5.73 Å². The summed E-state index contributed by atoms with van der Waals surface area (Å²) in [5.41, 5.74) is 5.48. The molecular formula is C9H17NO4. The molecule has 14 heavy (non-hydrogen) atoms. The molecule has 0 spiro atoms. The average Bonchev–Trinajstić information content (AvgIpc) is 2.12. The summed E-state index contributed by atoms with van der Waals surface area (Å²) in [5, 5.41) is 8.31. The number of carboxylic acids is 1. The maximum atomic E-state index is 11.1. The van der Waals surface area contributed by atoms with E-state index in [9.17, 15) is 9.59 Å². The Balaban J connectivity index is 3.48. The van der Waals surface area contributed by atoms with Crippen LogP contribution in [0.25, 0.3) is 0 Å². The summed E-state index contributed by atoms with van der Waals surface area (Å²) < 4.78 is 4.78. The largest absolute Gasteiger partial charge is 0.481 e. The molecule has 0 aliphatic heterocycles. The zero-order valence-electron chi connectivity index (χ0n) is 8.36. The van der Waals surface area contributed by atoms with Crippen LogP contribution in [0.2, 0.25) is 0 Å². The fourth-order valence-electron chi connectivity index (χ4n) is 0.932. The lowest BCUT2D eigenvalue weighted by atomic mass is 10.2. The van der Waals surface area contributed by atoms with Crippen molar-refractivity contribution in [3.05, 3.63) is 0 Å². The van der Waals surface area contributed by atoms with Gasteiger partial charge in [-0.3, -0.25) is 9.59 Å². The van der Waals surface area contributed by atoms with Crippen molar-refractivity contribution < 1.29 is 19.4 Å². The lowest BCUT2D eigenvalue weighted by Gasteiger charge is -2.09. The first-order valence-corrected chi connectivity index (χ1v) is 4.72. The molecule has 0 aliphatic carbocycles. The molecule has 0 aromatic heterocycles. The fraction of sp³-hybridized carbons (Fsp3) is 0.778. The van der Waals surface area contributed by atoms with Crippen LogP contribution in [0.5, 0.6) is 0 Å². The average molecular weight is 203 g/mol. The van der Waals surface area contributed by atoms with Crippen LogP contribution in [0.4, 0.5) is 0 Å². The molecule has 0 saturated carbocycles. The molecule has 0 aromatic rings. The first-order chi connectivity index (χ1) is 6.57. The van der Waals surface area contributed by atoms with Crippen LogP contribution in [-0.2, 0) is 14.3 Å². The topological polar surface area (TPSA) is 89.6 Å². The van der Waals surface area contributed by atoms with E-state index in [-0.39, 0.29) is 13.0 Å². The van der Waals surface area contributed by atoms with Gasteiger partial charge in [0.2, 0.25) is 0 Å². The highest BCUT2D eigenvalue weighted by Gasteiger charge is 2.13. The van der Waals surface area contributed by atoms with E-state index in [1.807, 2.05) is 6.92 Å². The number of rotatable bonds is 7. The SMILES string of the molecule is CCCC(N)C(=O)OCCCC(=O)O. The Morgan fingerprint density at radius 1 is 1.50 bits per heavy atom. The van der Waals surface area contributed by atoms with Crippen molar-refractivity contribution >= 4 is 11.9 Å². The second kappa shape index (κ2) is 7.32. The van der Waals surface area contributed by atoms with Gasteiger partial charge in [0.1, 0.15) is 6.04 Å². The lowest BCUT2D eigenvalue weighted by Crippen LogP contribution is -2.32. The molecule has 5 nitrogen and oxygen atoms in total. The normalized spacial score (nSPS) is 12.1. The number of hydrogen-bond donors (Lipinski definition) is 2. The van der Waals surface area contributed by atoms with Gasteiger partial charge in [-0.05, 0) is 12.8 Å². The molecule has 0 radical (unpaired) electrons. The van der Waals surface area contributed by atoms with Gasteiger partial charge in [0.15, 0.2) is 0 Å². The summed E-state index contributed by atoms with van der Waals surface area (Å²) in [7, 11) is 0. The number of carbonyl (C=O) groups is 2. The highest BCUT2D eigenvalue weighted by Crippen LogP contribution is 1.97. The molecule has 0 heterocycles. The van der Waals surface area contributed by atoms with E-state index >= 15 is 0 Å². The van der Waals surface area contributed by atoms with Gasteiger partial charge in [0, 0.05) is 6.42 Å². The molecule has 0 rings (SSSR count). The third kappa shape index (κ3) is 6.42. The number of esters is 1. The molecular weight excluding hydrogens is 186 g/mol. The smallest absolute Gasteiger partial charge is 0.322 e. The van der Waals surface area contributed by atoms with Gasteiger partial charge in [-0.15, -0.1) is 0 Å². The fourth-order valence-corrected chi connectivity index (χ4v) is 0.932. The molecule has 0 saturated heterocycles. The third-order valence-corrected chi connectivity index (χ3v) is 1.68. The first-order valence-electron chi connectivity index (χ1n) is 4.72. The van der Waals surface area contributed by atoms with Gasteiger partial charge in [0.05, 0.1) is 6.61 Å². The summed E-state index contributed by atoms with van der Waals surface area (Å²) in [6, 6.07) is -0.579. The Morgan fingerprint density at radius 2 is 2.14 bits per heavy atom. The van der Waals surface area contributed by atoms with Crippen molar-refractivity contribution in [1.29, 1.82) is 0 Å². The van der Waals surface area contributed by atoms with Crippen LogP contribution in [-0.4, -0.2) is 29.7 Å². The Labute approximate surface area is 83.2 Å². The number of ether oxygens (including phenoxy) is 1. The minimum absolute atomic E-state index is 0.0102. The zero-order valence-corrected chi connectivity index (χ0v) is 8.36. The van der Waals surface area contributed by atoms with E-state index in [0.29, 0.717) is 12.8 Å². The van der Waals surface area contributed by atoms with Crippen LogP contribution < -0.4 is 5.73 Å². The summed E-state index contributed by atoms with van der Waals surface area (Å²) in [4.78, 5) is 21.2. The molecule has 0 bridgehead atoms. The number of hydrogen-bond acceptors (Lipinski definition) is 4. The molecule has 5 heteroatoms. The van der Waals surface area contributed by atoms with E-state index < -0.39 is 18.0 Å². The summed E-state index contributed by atoms with van der Waals surface area (Å²) >= 11 is 0. The highest BCUT2D eigenvalue weighted by atomic mass is 16.5. The molecule has 3 N–H and O–H groups in total. The third-order valence-electron chi connectivity index (χ3n) is 1.68. The van der Waals surface area contributed by atoms with Gasteiger partial charge in [0.25, 0.3) is 0 Å². The maximum absolute atomic E-state index is 11.1. The van der Waals surface area contributed by atoms with Crippen LogP contribution in [0, 0.1) is 0 Å². The molecule has 1 atom stereocenters. The van der Waals surface area contributed by atoms with Gasteiger partial charge in [-0.1, -0.05) is 13.3 Å². The molecule has 0 fully saturated rings. The van der Waals surface area contributed by atoms with Gasteiger partial charge in [-0.25, -0.2) is 0 Å². The molecule has 0 aliphatic rings. The van der Waals surface area contributed by atoms with Crippen LogP contribution in [0.1, 0.15) is 32.6 Å². The van der Waals surface area contributed by atoms with Crippen molar-refractivity contribution in [3.63, 3.8) is 0 Å². The van der Waals surface area contributed by atoms with Crippen molar-refractivity contribution in [3.8, 4) is 0 Å². The monoisotopic (exact) mass is 203 g/mol. The summed E-state index contributed by atoms with van der Waals surface area (Å²) in [6.45, 7) is 2.06. The summed E-state index contributed by atoms with van der Waals surface area (Å²) in [6.07, 6.45) is 1.76. The van der Waals surface area contributed by atoms with Gasteiger partial charge >= 0.3 is 11.9 Å². The van der Waals surface area contributed by atoms with E-state index in [1.165, 1.54) is 0 Å². The van der Waals surface area contributed by atoms with Crippen LogP contribution >= 0.6 is 0 Å². The van der Waals surface area contributed by atoms with E-state index in [1.54, 1.807) is 0 Å². The predicted molar refractivity (Wildman–Crippen MR) is 50.7 cm³/mol. The van der Waals surface area contributed by atoms with Crippen molar-refractivity contribution in [2.45, 2.75) is 38.6 Å². The first kappa shape index (κ1) is 12.9. The Morgan fingerprint density at radius 3 is 2.64 bits per heavy atom. The predicted octanol–water partition coefficient (Wildman–Crippen LogP) is 0.522. The van der Waals surface area contributed by atoms with E-state index in [0.717, 1.165) is 6.42 Å². The van der Waals surface area contributed by atoms with Crippen LogP contribution in [0.15, 0.2) is 0 Å². The minimum atomic E-state index is -0.890. The molecule has 0 aromatic carbocycles. The van der Waals surface area contributed by atoms with E-state index in [4.69, 9.17) is 15.6 Å². The molecule has 1 unspecified atom stereocenters.